The van der Waals surface area contributed by atoms with Crippen molar-refractivity contribution in [3.05, 3.63) is 18.3 Å². The lowest BCUT2D eigenvalue weighted by Crippen LogP contribution is -2.38. The highest BCUT2D eigenvalue weighted by atomic mass is 19.1. The molecule has 1 fully saturated rings. The van der Waals surface area contributed by atoms with E-state index in [4.69, 9.17) is 0 Å². The van der Waals surface area contributed by atoms with Crippen molar-refractivity contribution < 1.29 is 4.39 Å². The zero-order valence-corrected chi connectivity index (χ0v) is 7.57. The van der Waals surface area contributed by atoms with Crippen molar-refractivity contribution in [2.45, 2.75) is 25.3 Å². The fraction of sp³-hybridized carbons (Fsp3) is 0.556. The van der Waals surface area contributed by atoms with Crippen molar-refractivity contribution in [2.24, 2.45) is 0 Å². The standard InChI is InChI=1S/C9H12FN3/c1-13(7-3-2-4-7)9-8(10)11-5-6-12-9/h5-7H,2-4H2,1H3. The van der Waals surface area contributed by atoms with Crippen LogP contribution in [0, 0.1) is 5.95 Å². The average Bonchev–Trinajstić information content (AvgIpc) is 2.01. The fourth-order valence-corrected chi connectivity index (χ4v) is 1.50. The van der Waals surface area contributed by atoms with Crippen LogP contribution in [0.3, 0.4) is 0 Å². The molecular formula is C9H12FN3. The van der Waals surface area contributed by atoms with Gasteiger partial charge in [-0.25, -0.2) is 9.97 Å². The van der Waals surface area contributed by atoms with E-state index in [0.29, 0.717) is 11.9 Å². The lowest BCUT2D eigenvalue weighted by Gasteiger charge is -2.35. The molecular weight excluding hydrogens is 169 g/mol. The molecule has 1 heterocycles. The summed E-state index contributed by atoms with van der Waals surface area (Å²) in [5.74, 6) is -0.107. The van der Waals surface area contributed by atoms with E-state index in [1.807, 2.05) is 11.9 Å². The van der Waals surface area contributed by atoms with Crippen LogP contribution in [0.4, 0.5) is 10.2 Å². The van der Waals surface area contributed by atoms with Gasteiger partial charge in [0.2, 0.25) is 0 Å². The molecule has 3 nitrogen and oxygen atoms in total. The summed E-state index contributed by atoms with van der Waals surface area (Å²) in [5.41, 5.74) is 0. The lowest BCUT2D eigenvalue weighted by atomic mass is 9.92. The molecule has 2 rings (SSSR count). The van der Waals surface area contributed by atoms with E-state index in [0.717, 1.165) is 12.8 Å². The summed E-state index contributed by atoms with van der Waals surface area (Å²) >= 11 is 0. The first-order valence-electron chi connectivity index (χ1n) is 4.48. The number of aromatic nitrogens is 2. The minimum Gasteiger partial charge on any atom is -0.353 e. The number of halogens is 1. The Hall–Kier alpha value is -1.19. The zero-order chi connectivity index (χ0) is 9.26. The number of hydrogen-bond acceptors (Lipinski definition) is 3. The van der Waals surface area contributed by atoms with Gasteiger partial charge >= 0.3 is 0 Å². The topological polar surface area (TPSA) is 29.0 Å². The van der Waals surface area contributed by atoms with Gasteiger partial charge in [-0.3, -0.25) is 0 Å². The molecule has 1 saturated carbocycles. The molecule has 0 amide bonds. The van der Waals surface area contributed by atoms with Gasteiger partial charge in [-0.15, -0.1) is 0 Å². The fourth-order valence-electron chi connectivity index (χ4n) is 1.50. The van der Waals surface area contributed by atoms with Crippen LogP contribution in [0.1, 0.15) is 19.3 Å². The van der Waals surface area contributed by atoms with Gasteiger partial charge in [0.1, 0.15) is 0 Å². The van der Waals surface area contributed by atoms with Crippen LogP contribution in [0.5, 0.6) is 0 Å². The van der Waals surface area contributed by atoms with Crippen LogP contribution in [0.25, 0.3) is 0 Å². The minimum atomic E-state index is -0.475. The maximum absolute atomic E-state index is 13.1. The molecule has 0 unspecified atom stereocenters. The second-order valence-corrected chi connectivity index (χ2v) is 3.37. The summed E-state index contributed by atoms with van der Waals surface area (Å²) < 4.78 is 13.1. The Balaban J connectivity index is 2.18. The molecule has 70 valence electrons. The molecule has 1 aliphatic rings. The molecule has 13 heavy (non-hydrogen) atoms. The van der Waals surface area contributed by atoms with Gasteiger partial charge in [-0.1, -0.05) is 0 Å². The minimum absolute atomic E-state index is 0.368. The van der Waals surface area contributed by atoms with Crippen molar-refractivity contribution in [3.63, 3.8) is 0 Å². The molecule has 1 aromatic heterocycles. The Morgan fingerprint density at radius 1 is 1.38 bits per heavy atom. The van der Waals surface area contributed by atoms with E-state index in [1.54, 1.807) is 0 Å². The van der Waals surface area contributed by atoms with Crippen molar-refractivity contribution >= 4 is 5.82 Å². The van der Waals surface area contributed by atoms with E-state index in [1.165, 1.54) is 18.8 Å². The Morgan fingerprint density at radius 2 is 2.08 bits per heavy atom. The van der Waals surface area contributed by atoms with Gasteiger partial charge < -0.3 is 4.90 Å². The molecule has 4 heteroatoms. The van der Waals surface area contributed by atoms with Crippen LogP contribution in [0.2, 0.25) is 0 Å². The van der Waals surface area contributed by atoms with Crippen LogP contribution >= 0.6 is 0 Å². The van der Waals surface area contributed by atoms with Gasteiger partial charge in [0.05, 0.1) is 0 Å². The lowest BCUT2D eigenvalue weighted by molar-refractivity contribution is 0.394. The molecule has 0 spiro atoms. The predicted octanol–water partition coefficient (Wildman–Crippen LogP) is 1.60. The van der Waals surface area contributed by atoms with E-state index >= 15 is 0 Å². The first-order chi connectivity index (χ1) is 6.29. The predicted molar refractivity (Wildman–Crippen MR) is 48.0 cm³/mol. The van der Waals surface area contributed by atoms with Crippen molar-refractivity contribution in [1.82, 2.24) is 9.97 Å². The molecule has 0 aromatic carbocycles. The Bertz CT molecular complexity index is 299. The molecule has 0 N–H and O–H groups in total. The van der Waals surface area contributed by atoms with Gasteiger partial charge in [-0.2, -0.15) is 4.39 Å². The highest BCUT2D eigenvalue weighted by Gasteiger charge is 2.24. The van der Waals surface area contributed by atoms with Crippen LogP contribution in [-0.4, -0.2) is 23.1 Å². The first kappa shape index (κ1) is 8.41. The van der Waals surface area contributed by atoms with Gasteiger partial charge in [-0.05, 0) is 19.3 Å². The van der Waals surface area contributed by atoms with Crippen molar-refractivity contribution in [2.75, 3.05) is 11.9 Å². The summed E-state index contributed by atoms with van der Waals surface area (Å²) in [6.07, 6.45) is 6.39. The highest BCUT2D eigenvalue weighted by molar-refractivity contribution is 5.37. The zero-order valence-electron chi connectivity index (χ0n) is 7.57. The van der Waals surface area contributed by atoms with Crippen molar-refractivity contribution in [1.29, 1.82) is 0 Å². The molecule has 0 bridgehead atoms. The molecule has 0 radical (unpaired) electrons. The Kier molecular flexibility index (Phi) is 2.12. The average molecular weight is 181 g/mol. The second kappa shape index (κ2) is 3.28. The maximum Gasteiger partial charge on any atom is 0.255 e. The molecule has 1 aliphatic carbocycles. The quantitative estimate of drug-likeness (QED) is 0.694. The van der Waals surface area contributed by atoms with Crippen LogP contribution in [0.15, 0.2) is 12.4 Å². The number of nitrogens with zero attached hydrogens (tertiary/aromatic N) is 3. The van der Waals surface area contributed by atoms with Gasteiger partial charge in [0, 0.05) is 25.5 Å². The van der Waals surface area contributed by atoms with Gasteiger partial charge in [0.15, 0.2) is 5.82 Å². The normalized spacial score (nSPS) is 16.8. The Labute approximate surface area is 76.6 Å². The van der Waals surface area contributed by atoms with E-state index in [-0.39, 0.29) is 0 Å². The molecule has 1 aromatic rings. The number of rotatable bonds is 2. The third-order valence-corrected chi connectivity index (χ3v) is 2.59. The summed E-state index contributed by atoms with van der Waals surface area (Å²) in [4.78, 5) is 9.42. The molecule has 0 atom stereocenters. The maximum atomic E-state index is 13.1. The van der Waals surface area contributed by atoms with Gasteiger partial charge in [0.25, 0.3) is 5.95 Å². The SMILES string of the molecule is CN(c1nccnc1F)C1CCC1. The van der Waals surface area contributed by atoms with Crippen LogP contribution in [-0.2, 0) is 0 Å². The van der Waals surface area contributed by atoms with E-state index < -0.39 is 5.95 Å². The van der Waals surface area contributed by atoms with E-state index in [2.05, 4.69) is 9.97 Å². The van der Waals surface area contributed by atoms with Crippen molar-refractivity contribution in [3.8, 4) is 0 Å². The summed E-state index contributed by atoms with van der Waals surface area (Å²) in [5, 5.41) is 0. The summed E-state index contributed by atoms with van der Waals surface area (Å²) in [7, 11) is 1.87. The number of anilines is 1. The monoisotopic (exact) mass is 181 g/mol. The third-order valence-electron chi connectivity index (χ3n) is 2.59. The Morgan fingerprint density at radius 3 is 2.62 bits per heavy atom. The smallest absolute Gasteiger partial charge is 0.255 e. The first-order valence-corrected chi connectivity index (χ1v) is 4.48. The summed E-state index contributed by atoms with van der Waals surface area (Å²) in [6, 6.07) is 0.450. The third kappa shape index (κ3) is 1.48. The largest absolute Gasteiger partial charge is 0.353 e. The van der Waals surface area contributed by atoms with E-state index in [9.17, 15) is 4.39 Å². The highest BCUT2D eigenvalue weighted by Crippen LogP contribution is 2.27. The van der Waals surface area contributed by atoms with Crippen LogP contribution < -0.4 is 4.90 Å². The summed E-state index contributed by atoms with van der Waals surface area (Å²) in [6.45, 7) is 0. The molecule has 0 aliphatic heterocycles. The second-order valence-electron chi connectivity index (χ2n) is 3.37. The molecule has 0 saturated heterocycles. The number of hydrogen-bond donors (Lipinski definition) is 0.